The van der Waals surface area contributed by atoms with Crippen LogP contribution in [0.3, 0.4) is 0 Å². The zero-order valence-corrected chi connectivity index (χ0v) is 8.27. The van der Waals surface area contributed by atoms with Crippen LogP contribution < -0.4 is 11.3 Å². The molecule has 0 aliphatic rings. The zero-order chi connectivity index (χ0) is 9.68. The van der Waals surface area contributed by atoms with E-state index in [0.717, 1.165) is 10.5 Å². The normalized spacial score (nSPS) is 12.1. The van der Waals surface area contributed by atoms with E-state index in [0.29, 0.717) is 0 Å². The Balaban J connectivity index is 3.05. The van der Waals surface area contributed by atoms with Crippen molar-refractivity contribution < 1.29 is 0 Å². The van der Waals surface area contributed by atoms with Gasteiger partial charge in [0.2, 0.25) is 0 Å². The van der Waals surface area contributed by atoms with Gasteiger partial charge in [0.1, 0.15) is 6.04 Å². The predicted octanol–water partition coefficient (Wildman–Crippen LogP) is 1.55. The SMILES string of the molecule is C#CC(NN)c1ccccc1SC. The van der Waals surface area contributed by atoms with Crippen LogP contribution in [0, 0.1) is 12.3 Å². The van der Waals surface area contributed by atoms with Gasteiger partial charge in [-0.3, -0.25) is 5.84 Å². The van der Waals surface area contributed by atoms with Crippen LogP contribution in [0.25, 0.3) is 0 Å². The molecule has 0 aliphatic carbocycles. The summed E-state index contributed by atoms with van der Waals surface area (Å²) in [4.78, 5) is 1.16. The fourth-order valence-electron chi connectivity index (χ4n) is 1.13. The summed E-state index contributed by atoms with van der Waals surface area (Å²) in [6.07, 6.45) is 7.35. The molecule has 0 fully saturated rings. The first kappa shape index (κ1) is 10.1. The van der Waals surface area contributed by atoms with E-state index in [1.165, 1.54) is 0 Å². The summed E-state index contributed by atoms with van der Waals surface area (Å²) in [5, 5.41) is 0. The third-order valence-corrected chi connectivity index (χ3v) is 2.59. The maximum atomic E-state index is 5.34. The summed E-state index contributed by atoms with van der Waals surface area (Å²) in [5.74, 6) is 7.93. The molecule has 0 aliphatic heterocycles. The predicted molar refractivity (Wildman–Crippen MR) is 57.1 cm³/mol. The highest BCUT2D eigenvalue weighted by molar-refractivity contribution is 7.98. The van der Waals surface area contributed by atoms with Gasteiger partial charge in [-0.2, -0.15) is 0 Å². The number of nitrogens with one attached hydrogen (secondary N) is 1. The number of benzene rings is 1. The first-order chi connectivity index (χ1) is 6.33. The molecule has 2 nitrogen and oxygen atoms in total. The van der Waals surface area contributed by atoms with Crippen LogP contribution in [0.4, 0.5) is 0 Å². The second-order valence-corrected chi connectivity index (χ2v) is 3.36. The smallest absolute Gasteiger partial charge is 0.108 e. The van der Waals surface area contributed by atoms with E-state index in [9.17, 15) is 0 Å². The maximum Gasteiger partial charge on any atom is 0.108 e. The first-order valence-corrected chi connectivity index (χ1v) is 5.11. The standard InChI is InChI=1S/C10H12N2S/c1-3-9(12-11)8-6-4-5-7-10(8)13-2/h1,4-7,9,12H,11H2,2H3. The van der Waals surface area contributed by atoms with Gasteiger partial charge >= 0.3 is 0 Å². The van der Waals surface area contributed by atoms with Gasteiger partial charge in [0, 0.05) is 4.90 Å². The average molecular weight is 192 g/mol. The van der Waals surface area contributed by atoms with E-state index < -0.39 is 0 Å². The van der Waals surface area contributed by atoms with E-state index in [-0.39, 0.29) is 6.04 Å². The minimum Gasteiger partial charge on any atom is -0.270 e. The lowest BCUT2D eigenvalue weighted by Gasteiger charge is -2.12. The third-order valence-electron chi connectivity index (χ3n) is 1.78. The summed E-state index contributed by atoms with van der Waals surface area (Å²) in [6, 6.07) is 7.75. The number of rotatable bonds is 3. The number of terminal acetylenes is 1. The Morgan fingerprint density at radius 3 is 2.77 bits per heavy atom. The van der Waals surface area contributed by atoms with E-state index in [4.69, 9.17) is 12.3 Å². The molecule has 0 amide bonds. The van der Waals surface area contributed by atoms with Crippen molar-refractivity contribution in [3.8, 4) is 12.3 Å². The molecule has 0 heterocycles. The van der Waals surface area contributed by atoms with E-state index in [1.807, 2.05) is 30.5 Å². The quantitative estimate of drug-likeness (QED) is 0.330. The Morgan fingerprint density at radius 1 is 1.54 bits per heavy atom. The zero-order valence-electron chi connectivity index (χ0n) is 7.45. The monoisotopic (exact) mass is 192 g/mol. The van der Waals surface area contributed by atoms with Crippen molar-refractivity contribution in [3.63, 3.8) is 0 Å². The van der Waals surface area contributed by atoms with Gasteiger partial charge in [0.15, 0.2) is 0 Å². The number of hydrogen-bond donors (Lipinski definition) is 2. The fraction of sp³-hybridized carbons (Fsp3) is 0.200. The summed E-state index contributed by atoms with van der Waals surface area (Å²) in [7, 11) is 0. The molecule has 68 valence electrons. The molecule has 3 N–H and O–H groups in total. The molecule has 1 unspecified atom stereocenters. The van der Waals surface area contributed by atoms with Crippen LogP contribution in [-0.2, 0) is 0 Å². The Kier molecular flexibility index (Phi) is 3.84. The van der Waals surface area contributed by atoms with Crippen molar-refractivity contribution in [2.75, 3.05) is 6.26 Å². The average Bonchev–Trinajstić information content (AvgIpc) is 2.20. The highest BCUT2D eigenvalue weighted by Crippen LogP contribution is 2.24. The Bertz CT molecular complexity index is 317. The minimum absolute atomic E-state index is 0.205. The number of thioether (sulfide) groups is 1. The lowest BCUT2D eigenvalue weighted by molar-refractivity contribution is 0.664. The van der Waals surface area contributed by atoms with Gasteiger partial charge in [0.25, 0.3) is 0 Å². The highest BCUT2D eigenvalue weighted by atomic mass is 32.2. The lowest BCUT2D eigenvalue weighted by Crippen LogP contribution is -2.27. The van der Waals surface area contributed by atoms with Crippen molar-refractivity contribution in [2.24, 2.45) is 5.84 Å². The summed E-state index contributed by atoms with van der Waals surface area (Å²) in [6.45, 7) is 0. The van der Waals surface area contributed by atoms with Crippen LogP contribution in [0.15, 0.2) is 29.2 Å². The Labute approximate surface area is 82.9 Å². The van der Waals surface area contributed by atoms with Crippen molar-refractivity contribution in [1.82, 2.24) is 5.43 Å². The minimum atomic E-state index is -0.205. The van der Waals surface area contributed by atoms with E-state index in [1.54, 1.807) is 11.8 Å². The van der Waals surface area contributed by atoms with Gasteiger partial charge in [-0.15, -0.1) is 18.2 Å². The van der Waals surface area contributed by atoms with Gasteiger partial charge in [-0.05, 0) is 17.9 Å². The molecule has 1 atom stereocenters. The molecular weight excluding hydrogens is 180 g/mol. The molecule has 0 saturated heterocycles. The van der Waals surface area contributed by atoms with Crippen LogP contribution in [0.1, 0.15) is 11.6 Å². The number of hydrazine groups is 1. The largest absolute Gasteiger partial charge is 0.270 e. The van der Waals surface area contributed by atoms with Crippen LogP contribution in [0.2, 0.25) is 0 Å². The van der Waals surface area contributed by atoms with Gasteiger partial charge in [-0.25, -0.2) is 5.43 Å². The second kappa shape index (κ2) is 4.93. The Hall–Kier alpha value is -0.950. The molecule has 0 spiro atoms. The molecule has 0 aromatic heterocycles. The number of nitrogens with two attached hydrogens (primary N) is 1. The van der Waals surface area contributed by atoms with E-state index in [2.05, 4.69) is 11.3 Å². The molecule has 0 saturated carbocycles. The first-order valence-electron chi connectivity index (χ1n) is 3.88. The molecule has 3 heteroatoms. The van der Waals surface area contributed by atoms with Gasteiger partial charge in [-0.1, -0.05) is 24.1 Å². The van der Waals surface area contributed by atoms with Crippen LogP contribution in [0.5, 0.6) is 0 Å². The molecular formula is C10H12N2S. The van der Waals surface area contributed by atoms with E-state index >= 15 is 0 Å². The molecule has 0 bridgehead atoms. The molecule has 1 aromatic carbocycles. The van der Waals surface area contributed by atoms with Crippen molar-refractivity contribution >= 4 is 11.8 Å². The van der Waals surface area contributed by atoms with Crippen molar-refractivity contribution in [3.05, 3.63) is 29.8 Å². The van der Waals surface area contributed by atoms with Gasteiger partial charge < -0.3 is 0 Å². The fourth-order valence-corrected chi connectivity index (χ4v) is 1.77. The lowest BCUT2D eigenvalue weighted by atomic mass is 10.1. The second-order valence-electron chi connectivity index (χ2n) is 2.51. The Morgan fingerprint density at radius 2 is 2.23 bits per heavy atom. The van der Waals surface area contributed by atoms with Crippen LogP contribution in [-0.4, -0.2) is 6.26 Å². The summed E-state index contributed by atoms with van der Waals surface area (Å²) >= 11 is 1.66. The van der Waals surface area contributed by atoms with Crippen LogP contribution >= 0.6 is 11.8 Å². The maximum absolute atomic E-state index is 5.34. The van der Waals surface area contributed by atoms with Crippen molar-refractivity contribution in [1.29, 1.82) is 0 Å². The summed E-state index contributed by atoms with van der Waals surface area (Å²) < 4.78 is 0. The van der Waals surface area contributed by atoms with Crippen molar-refractivity contribution in [2.45, 2.75) is 10.9 Å². The topological polar surface area (TPSA) is 38.0 Å². The molecule has 1 rings (SSSR count). The molecule has 1 aromatic rings. The number of hydrogen-bond acceptors (Lipinski definition) is 3. The summed E-state index contributed by atoms with van der Waals surface area (Å²) in [5.41, 5.74) is 3.65. The molecule has 13 heavy (non-hydrogen) atoms. The third kappa shape index (κ3) is 2.25. The van der Waals surface area contributed by atoms with Gasteiger partial charge in [0.05, 0.1) is 0 Å². The molecule has 0 radical (unpaired) electrons. The highest BCUT2D eigenvalue weighted by Gasteiger charge is 2.09.